The summed E-state index contributed by atoms with van der Waals surface area (Å²) < 4.78 is 10.1. The van der Waals surface area contributed by atoms with Crippen LogP contribution in [0.4, 0.5) is 16.0 Å². The summed E-state index contributed by atoms with van der Waals surface area (Å²) in [6, 6.07) is 1.41. The fraction of sp³-hybridized carbons (Fsp3) is 0.312. The number of amides is 1. The summed E-state index contributed by atoms with van der Waals surface area (Å²) in [6.45, 7) is 5.52. The number of anilines is 2. The van der Waals surface area contributed by atoms with Gasteiger partial charge in [0.1, 0.15) is 0 Å². The molecule has 11 heteroatoms. The number of carbonyl (C=O) groups excluding carboxylic acids is 1. The third-order valence-electron chi connectivity index (χ3n) is 3.02. The fourth-order valence-corrected chi connectivity index (χ4v) is 2.67. The highest BCUT2D eigenvalue weighted by Crippen LogP contribution is 2.25. The van der Waals surface area contributed by atoms with E-state index in [9.17, 15) is 9.59 Å². The van der Waals surface area contributed by atoms with E-state index in [0.29, 0.717) is 16.5 Å². The van der Waals surface area contributed by atoms with Gasteiger partial charge in [0.25, 0.3) is 5.91 Å². The zero-order chi connectivity index (χ0) is 20.0. The minimum absolute atomic E-state index is 0.00350. The fourth-order valence-electron chi connectivity index (χ4n) is 2.00. The molecule has 0 aromatic carbocycles. The number of hydrogen-bond acceptors (Lipinski definition) is 10. The predicted octanol–water partition coefficient (Wildman–Crippen LogP) is 2.14. The lowest BCUT2D eigenvalue weighted by Gasteiger charge is -2.13. The van der Waals surface area contributed by atoms with Crippen molar-refractivity contribution in [3.8, 4) is 5.75 Å². The van der Waals surface area contributed by atoms with Crippen molar-refractivity contribution >= 4 is 38.9 Å². The summed E-state index contributed by atoms with van der Waals surface area (Å²) in [5.74, 6) is -0.838. The normalized spacial score (nSPS) is 11.8. The maximum absolute atomic E-state index is 12.4. The van der Waals surface area contributed by atoms with Gasteiger partial charge in [0.2, 0.25) is 16.0 Å². The summed E-state index contributed by atoms with van der Waals surface area (Å²) in [6.07, 6.45) is 2.96. The Morgan fingerprint density at radius 1 is 1.44 bits per heavy atom. The van der Waals surface area contributed by atoms with Gasteiger partial charge >= 0.3 is 5.63 Å². The summed E-state index contributed by atoms with van der Waals surface area (Å²) in [7, 11) is 1.35. The number of nitrogens with one attached hydrogen (secondary N) is 2. The largest absolute Gasteiger partial charge is 0.488 e. The molecular formula is C16H20N6O4S. The van der Waals surface area contributed by atoms with Crippen LogP contribution in [0.25, 0.3) is 0 Å². The first-order valence-electron chi connectivity index (χ1n) is 7.91. The van der Waals surface area contributed by atoms with Crippen molar-refractivity contribution in [2.75, 3.05) is 17.7 Å². The lowest BCUT2D eigenvalue weighted by atomic mass is 10.2. The summed E-state index contributed by atoms with van der Waals surface area (Å²) in [5.41, 5.74) is 5.53. The number of ether oxygens (including phenoxy) is 1. The molecule has 4 N–H and O–H groups in total. The Morgan fingerprint density at radius 2 is 2.19 bits per heavy atom. The molecule has 0 aliphatic rings. The molecule has 2 aromatic rings. The lowest BCUT2D eigenvalue weighted by molar-refractivity contribution is 0.0991. The van der Waals surface area contributed by atoms with E-state index in [1.807, 2.05) is 13.8 Å². The molecule has 2 aromatic heterocycles. The molecule has 0 aliphatic carbocycles. The van der Waals surface area contributed by atoms with E-state index in [1.54, 1.807) is 13.0 Å². The molecule has 0 spiro atoms. The maximum atomic E-state index is 12.4. The molecule has 10 nitrogen and oxygen atoms in total. The van der Waals surface area contributed by atoms with Crippen LogP contribution in [0.15, 0.2) is 32.5 Å². The Balaban J connectivity index is 2.23. The Morgan fingerprint density at radius 3 is 2.81 bits per heavy atom. The summed E-state index contributed by atoms with van der Waals surface area (Å²) in [4.78, 5) is 28.6. The quantitative estimate of drug-likeness (QED) is 0.608. The van der Waals surface area contributed by atoms with Crippen molar-refractivity contribution in [2.24, 2.45) is 10.7 Å². The van der Waals surface area contributed by atoms with Crippen molar-refractivity contribution in [1.82, 2.24) is 10.2 Å². The molecule has 2 heterocycles. The van der Waals surface area contributed by atoms with Crippen molar-refractivity contribution < 1.29 is 13.9 Å². The number of aliphatic imine (C=N–C) groups is 1. The van der Waals surface area contributed by atoms with Crippen molar-refractivity contribution in [3.63, 3.8) is 0 Å². The number of methoxy groups -OCH3 is 1. The average molecular weight is 392 g/mol. The summed E-state index contributed by atoms with van der Waals surface area (Å²) >= 11 is 1.06. The van der Waals surface area contributed by atoms with E-state index in [-0.39, 0.29) is 22.7 Å². The Labute approximate surface area is 159 Å². The first kappa shape index (κ1) is 20.1. The van der Waals surface area contributed by atoms with Crippen LogP contribution in [-0.2, 0) is 0 Å². The van der Waals surface area contributed by atoms with Gasteiger partial charge in [0.15, 0.2) is 5.76 Å². The number of rotatable bonds is 7. The van der Waals surface area contributed by atoms with Crippen molar-refractivity contribution in [3.05, 3.63) is 34.5 Å². The van der Waals surface area contributed by atoms with Gasteiger partial charge in [-0.3, -0.25) is 10.1 Å². The Kier molecular flexibility index (Phi) is 6.66. The van der Waals surface area contributed by atoms with Gasteiger partial charge in [0.05, 0.1) is 12.8 Å². The van der Waals surface area contributed by atoms with Gasteiger partial charge in [0, 0.05) is 17.8 Å². The van der Waals surface area contributed by atoms with Gasteiger partial charge in [-0.15, -0.1) is 10.2 Å². The highest BCUT2D eigenvalue weighted by molar-refractivity contribution is 7.18. The van der Waals surface area contributed by atoms with Crippen LogP contribution in [0.3, 0.4) is 0 Å². The SMILES string of the molecule is COc1c(NC(C)C)cc(C(=O)Nc2nnc(N=C(C)C=CN)s2)oc1=O. The standard InChI is InChI=1S/C16H20N6O4S/c1-8(2)18-10-7-11(26-14(24)12(10)25-4)13(23)20-16-22-21-15(27-16)19-9(3)5-6-17/h5-8,18H,17H2,1-4H3,(H,20,22,23). The molecule has 144 valence electrons. The molecule has 0 fully saturated rings. The molecule has 0 saturated carbocycles. The Hall–Kier alpha value is -3.21. The molecule has 0 unspecified atom stereocenters. The first-order valence-corrected chi connectivity index (χ1v) is 8.72. The molecule has 2 rings (SSSR count). The van der Waals surface area contributed by atoms with Gasteiger partial charge in [-0.25, -0.2) is 9.79 Å². The van der Waals surface area contributed by atoms with Crippen LogP contribution in [0.1, 0.15) is 31.3 Å². The topological polar surface area (TPSA) is 145 Å². The third kappa shape index (κ3) is 5.38. The number of nitrogens with two attached hydrogens (primary N) is 1. The molecule has 27 heavy (non-hydrogen) atoms. The van der Waals surface area contributed by atoms with Crippen LogP contribution in [0.5, 0.6) is 5.75 Å². The maximum Gasteiger partial charge on any atom is 0.381 e. The second-order valence-electron chi connectivity index (χ2n) is 5.60. The number of nitrogens with zero attached hydrogens (tertiary/aromatic N) is 3. The molecule has 0 saturated heterocycles. The number of hydrogen-bond donors (Lipinski definition) is 3. The number of allylic oxidation sites excluding steroid dienone is 1. The predicted molar refractivity (Wildman–Crippen MR) is 104 cm³/mol. The highest BCUT2D eigenvalue weighted by atomic mass is 32.1. The van der Waals surface area contributed by atoms with Gasteiger partial charge in [-0.2, -0.15) is 0 Å². The Bertz CT molecular complexity index is 931. The van der Waals surface area contributed by atoms with Crippen LogP contribution in [0.2, 0.25) is 0 Å². The second kappa shape index (κ2) is 8.94. The first-order chi connectivity index (χ1) is 12.8. The van der Waals surface area contributed by atoms with Crippen molar-refractivity contribution in [1.29, 1.82) is 0 Å². The van der Waals surface area contributed by atoms with Crippen LogP contribution in [0, 0.1) is 0 Å². The van der Waals surface area contributed by atoms with E-state index in [4.69, 9.17) is 14.9 Å². The van der Waals surface area contributed by atoms with Crippen molar-refractivity contribution in [2.45, 2.75) is 26.8 Å². The van der Waals surface area contributed by atoms with E-state index in [2.05, 4.69) is 25.8 Å². The minimum atomic E-state index is -0.764. The second-order valence-corrected chi connectivity index (χ2v) is 6.56. The monoisotopic (exact) mass is 392 g/mol. The minimum Gasteiger partial charge on any atom is -0.488 e. The van der Waals surface area contributed by atoms with E-state index in [1.165, 1.54) is 19.4 Å². The third-order valence-corrected chi connectivity index (χ3v) is 3.76. The van der Waals surface area contributed by atoms with E-state index < -0.39 is 11.5 Å². The molecule has 0 radical (unpaired) electrons. The highest BCUT2D eigenvalue weighted by Gasteiger charge is 2.19. The summed E-state index contributed by atoms with van der Waals surface area (Å²) in [5, 5.41) is 13.8. The molecule has 1 amide bonds. The lowest BCUT2D eigenvalue weighted by Crippen LogP contribution is -2.19. The van der Waals surface area contributed by atoms with E-state index >= 15 is 0 Å². The van der Waals surface area contributed by atoms with Crippen LogP contribution in [-0.4, -0.2) is 35.0 Å². The average Bonchev–Trinajstić information content (AvgIpc) is 3.01. The van der Waals surface area contributed by atoms with E-state index in [0.717, 1.165) is 11.3 Å². The van der Waals surface area contributed by atoms with Gasteiger partial charge < -0.3 is 20.2 Å². The molecule has 0 aliphatic heterocycles. The smallest absolute Gasteiger partial charge is 0.381 e. The molecule has 0 bridgehead atoms. The number of aromatic nitrogens is 2. The molecule has 0 atom stereocenters. The van der Waals surface area contributed by atoms with Gasteiger partial charge in [-0.1, -0.05) is 11.3 Å². The van der Waals surface area contributed by atoms with Crippen LogP contribution >= 0.6 is 11.3 Å². The van der Waals surface area contributed by atoms with Gasteiger partial charge in [-0.05, 0) is 33.0 Å². The van der Waals surface area contributed by atoms with Crippen LogP contribution < -0.4 is 26.7 Å². The molecular weight excluding hydrogens is 372 g/mol. The number of carbonyl (C=O) groups is 1. The zero-order valence-corrected chi connectivity index (χ0v) is 16.1. The zero-order valence-electron chi connectivity index (χ0n) is 15.3.